The summed E-state index contributed by atoms with van der Waals surface area (Å²) in [5, 5.41) is 0. The van der Waals surface area contributed by atoms with E-state index in [9.17, 15) is 22.8 Å². The number of hydrogen-bond donors (Lipinski definition) is 0. The van der Waals surface area contributed by atoms with Crippen LogP contribution >= 0.6 is 0 Å². The van der Waals surface area contributed by atoms with Crippen LogP contribution in [-0.2, 0) is 14.3 Å². The summed E-state index contributed by atoms with van der Waals surface area (Å²) in [6.45, 7) is 5.02. The summed E-state index contributed by atoms with van der Waals surface area (Å²) in [5.41, 5.74) is -0.999. The third-order valence-electron chi connectivity index (χ3n) is 2.88. The van der Waals surface area contributed by atoms with Crippen LogP contribution < -0.4 is 0 Å². The van der Waals surface area contributed by atoms with Gasteiger partial charge in [0.25, 0.3) is 0 Å². The predicted octanol–water partition coefficient (Wildman–Crippen LogP) is 2.83. The standard InChI is InChI=1S/C10H15F3O3/c1-4-9(5-2,6-3)7(14)16-8(15)10(11,12)13/h4-6H2,1-3H3. The fourth-order valence-electron chi connectivity index (χ4n) is 1.43. The summed E-state index contributed by atoms with van der Waals surface area (Å²) in [6, 6.07) is 0. The lowest BCUT2D eigenvalue weighted by atomic mass is 9.80. The fraction of sp³-hybridized carbons (Fsp3) is 0.800. The Hall–Kier alpha value is -1.07. The minimum absolute atomic E-state index is 0.337. The largest absolute Gasteiger partial charge is 0.491 e. The average molecular weight is 240 g/mol. The molecule has 0 spiro atoms. The van der Waals surface area contributed by atoms with Crippen molar-refractivity contribution in [1.29, 1.82) is 0 Å². The molecular formula is C10H15F3O3. The second-order valence-corrected chi connectivity index (χ2v) is 3.52. The summed E-state index contributed by atoms with van der Waals surface area (Å²) >= 11 is 0. The highest BCUT2D eigenvalue weighted by atomic mass is 19.4. The average Bonchev–Trinajstić information content (AvgIpc) is 2.19. The maximum absolute atomic E-state index is 11.9. The molecule has 0 aromatic rings. The molecule has 16 heavy (non-hydrogen) atoms. The van der Waals surface area contributed by atoms with E-state index < -0.39 is 23.5 Å². The molecule has 0 aliphatic rings. The Morgan fingerprint density at radius 1 is 0.938 bits per heavy atom. The number of ether oxygens (including phenoxy) is 1. The molecule has 94 valence electrons. The van der Waals surface area contributed by atoms with Crippen LogP contribution in [-0.4, -0.2) is 18.1 Å². The molecule has 0 aromatic heterocycles. The van der Waals surface area contributed by atoms with E-state index >= 15 is 0 Å². The Morgan fingerprint density at radius 3 is 1.56 bits per heavy atom. The highest BCUT2D eigenvalue weighted by Gasteiger charge is 2.45. The van der Waals surface area contributed by atoms with Crippen LogP contribution in [0.15, 0.2) is 0 Å². The van der Waals surface area contributed by atoms with Gasteiger partial charge in [0.15, 0.2) is 0 Å². The molecule has 0 amide bonds. The summed E-state index contributed by atoms with van der Waals surface area (Å²) < 4.78 is 39.5. The van der Waals surface area contributed by atoms with Gasteiger partial charge in [0.2, 0.25) is 0 Å². The van der Waals surface area contributed by atoms with Crippen LogP contribution in [0.3, 0.4) is 0 Å². The zero-order valence-corrected chi connectivity index (χ0v) is 9.48. The molecule has 0 bridgehead atoms. The molecule has 0 aliphatic carbocycles. The van der Waals surface area contributed by atoms with Gasteiger partial charge in [0.05, 0.1) is 5.41 Å². The molecule has 0 atom stereocenters. The van der Waals surface area contributed by atoms with E-state index in [1.807, 2.05) is 0 Å². The predicted molar refractivity (Wildman–Crippen MR) is 50.5 cm³/mol. The molecule has 0 heterocycles. The first-order chi connectivity index (χ1) is 7.23. The van der Waals surface area contributed by atoms with Crippen molar-refractivity contribution in [3.63, 3.8) is 0 Å². The van der Waals surface area contributed by atoms with E-state index in [1.165, 1.54) is 0 Å². The molecule has 0 fully saturated rings. The van der Waals surface area contributed by atoms with E-state index in [-0.39, 0.29) is 0 Å². The van der Waals surface area contributed by atoms with Crippen molar-refractivity contribution < 1.29 is 27.5 Å². The maximum Gasteiger partial charge on any atom is 0.491 e. The lowest BCUT2D eigenvalue weighted by Gasteiger charge is -2.26. The quantitative estimate of drug-likeness (QED) is 0.560. The van der Waals surface area contributed by atoms with Gasteiger partial charge in [0.1, 0.15) is 0 Å². The third kappa shape index (κ3) is 3.21. The Kier molecular flexibility index (Phi) is 4.96. The highest BCUT2D eigenvalue weighted by Crippen LogP contribution is 2.32. The normalized spacial score (nSPS) is 12.4. The lowest BCUT2D eigenvalue weighted by molar-refractivity contribution is -0.205. The summed E-state index contributed by atoms with van der Waals surface area (Å²) in [5.74, 6) is -3.54. The smallest absolute Gasteiger partial charge is 0.386 e. The molecular weight excluding hydrogens is 225 g/mol. The van der Waals surface area contributed by atoms with Crippen LogP contribution in [0, 0.1) is 5.41 Å². The first-order valence-corrected chi connectivity index (χ1v) is 5.07. The number of carbonyl (C=O) groups excluding carboxylic acids is 2. The number of hydrogen-bond acceptors (Lipinski definition) is 3. The highest BCUT2D eigenvalue weighted by molar-refractivity contribution is 5.91. The van der Waals surface area contributed by atoms with Crippen molar-refractivity contribution in [2.24, 2.45) is 5.41 Å². The van der Waals surface area contributed by atoms with E-state index in [1.54, 1.807) is 20.8 Å². The second kappa shape index (κ2) is 5.32. The monoisotopic (exact) mass is 240 g/mol. The van der Waals surface area contributed by atoms with Gasteiger partial charge in [-0.05, 0) is 19.3 Å². The van der Waals surface area contributed by atoms with Crippen LogP contribution in [0.2, 0.25) is 0 Å². The molecule has 0 aliphatic heterocycles. The Morgan fingerprint density at radius 2 is 1.31 bits per heavy atom. The molecule has 0 rings (SSSR count). The lowest BCUT2D eigenvalue weighted by Crippen LogP contribution is -2.37. The molecule has 0 saturated heterocycles. The number of rotatable bonds is 4. The Balaban J connectivity index is 4.74. The fourth-order valence-corrected chi connectivity index (χ4v) is 1.43. The van der Waals surface area contributed by atoms with Gasteiger partial charge < -0.3 is 4.74 Å². The summed E-state index contributed by atoms with van der Waals surface area (Å²) in [6.07, 6.45) is -4.12. The number of halogens is 3. The molecule has 0 radical (unpaired) electrons. The van der Waals surface area contributed by atoms with Gasteiger partial charge in [0, 0.05) is 0 Å². The van der Waals surface area contributed by atoms with Crippen molar-refractivity contribution >= 4 is 11.9 Å². The molecule has 3 nitrogen and oxygen atoms in total. The molecule has 0 N–H and O–H groups in total. The van der Waals surface area contributed by atoms with Crippen LogP contribution in [0.4, 0.5) is 13.2 Å². The summed E-state index contributed by atoms with van der Waals surface area (Å²) in [7, 11) is 0. The second-order valence-electron chi connectivity index (χ2n) is 3.52. The van der Waals surface area contributed by atoms with Crippen molar-refractivity contribution in [3.05, 3.63) is 0 Å². The van der Waals surface area contributed by atoms with Gasteiger partial charge in [-0.15, -0.1) is 0 Å². The van der Waals surface area contributed by atoms with Gasteiger partial charge >= 0.3 is 18.1 Å². The first-order valence-electron chi connectivity index (χ1n) is 5.07. The Bertz CT molecular complexity index is 259. The molecule has 0 aromatic carbocycles. The number of alkyl halides is 3. The Labute approximate surface area is 92.0 Å². The van der Waals surface area contributed by atoms with Crippen LogP contribution in [0.25, 0.3) is 0 Å². The summed E-state index contributed by atoms with van der Waals surface area (Å²) in [4.78, 5) is 22.0. The SMILES string of the molecule is CCC(CC)(CC)C(=O)OC(=O)C(F)(F)F. The topological polar surface area (TPSA) is 43.4 Å². The maximum atomic E-state index is 11.9. The van der Waals surface area contributed by atoms with E-state index in [4.69, 9.17) is 0 Å². The molecule has 6 heteroatoms. The van der Waals surface area contributed by atoms with E-state index in [0.29, 0.717) is 19.3 Å². The van der Waals surface area contributed by atoms with E-state index in [2.05, 4.69) is 4.74 Å². The van der Waals surface area contributed by atoms with Gasteiger partial charge in [-0.1, -0.05) is 20.8 Å². The first kappa shape index (κ1) is 14.9. The van der Waals surface area contributed by atoms with E-state index in [0.717, 1.165) is 0 Å². The molecule has 0 unspecified atom stereocenters. The van der Waals surface area contributed by atoms with Crippen molar-refractivity contribution in [2.45, 2.75) is 46.2 Å². The van der Waals surface area contributed by atoms with Crippen LogP contribution in [0.5, 0.6) is 0 Å². The van der Waals surface area contributed by atoms with Crippen molar-refractivity contribution in [1.82, 2.24) is 0 Å². The van der Waals surface area contributed by atoms with Gasteiger partial charge in [-0.2, -0.15) is 13.2 Å². The number of carbonyl (C=O) groups is 2. The minimum atomic E-state index is -5.13. The van der Waals surface area contributed by atoms with Crippen molar-refractivity contribution in [2.75, 3.05) is 0 Å². The van der Waals surface area contributed by atoms with Crippen molar-refractivity contribution in [3.8, 4) is 0 Å². The zero-order valence-electron chi connectivity index (χ0n) is 9.48. The zero-order chi connectivity index (χ0) is 13.0. The van der Waals surface area contributed by atoms with Crippen LogP contribution in [0.1, 0.15) is 40.0 Å². The molecule has 0 saturated carbocycles. The van der Waals surface area contributed by atoms with Gasteiger partial charge in [-0.3, -0.25) is 4.79 Å². The third-order valence-corrected chi connectivity index (χ3v) is 2.88. The minimum Gasteiger partial charge on any atom is -0.386 e. The number of esters is 2. The van der Waals surface area contributed by atoms with Gasteiger partial charge in [-0.25, -0.2) is 4.79 Å².